The fourth-order valence-electron chi connectivity index (χ4n) is 1.89. The molecule has 3 aromatic rings. The molecule has 0 spiro atoms. The lowest BCUT2D eigenvalue weighted by Crippen LogP contribution is -2.03. The molecule has 90 valence electrons. The van der Waals surface area contributed by atoms with E-state index >= 15 is 0 Å². The molecule has 0 aliphatic heterocycles. The number of aromatic nitrogens is 3. The Morgan fingerprint density at radius 1 is 1.11 bits per heavy atom. The van der Waals surface area contributed by atoms with Crippen molar-refractivity contribution in [1.82, 2.24) is 15.0 Å². The van der Waals surface area contributed by atoms with Crippen LogP contribution in [0.5, 0.6) is 0 Å². The van der Waals surface area contributed by atoms with Gasteiger partial charge in [-0.2, -0.15) is 0 Å². The van der Waals surface area contributed by atoms with Gasteiger partial charge in [0.05, 0.1) is 0 Å². The van der Waals surface area contributed by atoms with Crippen molar-refractivity contribution in [2.45, 2.75) is 6.42 Å². The average molecular weight is 256 g/mol. The molecular weight excluding hydrogens is 244 g/mol. The number of hydrogen-bond acceptors (Lipinski definition) is 5. The Morgan fingerprint density at radius 2 is 1.94 bits per heavy atom. The van der Waals surface area contributed by atoms with E-state index in [4.69, 9.17) is 5.73 Å². The molecule has 2 N–H and O–H groups in total. The standard InChI is InChI=1S/C13H12N4S/c14-6-5-9-3-1-2-4-10(9)12-17-11-13(18-12)16-8-7-15-11/h1-4,7-8H,5-6,14H2. The van der Waals surface area contributed by atoms with E-state index in [1.54, 1.807) is 23.7 Å². The summed E-state index contributed by atoms with van der Waals surface area (Å²) in [7, 11) is 0. The average Bonchev–Trinajstić information content (AvgIpc) is 2.83. The monoisotopic (exact) mass is 256 g/mol. The van der Waals surface area contributed by atoms with Crippen molar-refractivity contribution in [2.75, 3.05) is 6.54 Å². The number of fused-ring (bicyclic) bond motifs is 1. The highest BCUT2D eigenvalue weighted by Crippen LogP contribution is 2.30. The van der Waals surface area contributed by atoms with Crippen molar-refractivity contribution >= 4 is 21.8 Å². The molecule has 0 aliphatic rings. The SMILES string of the molecule is NCCc1ccccc1-c1nc2nccnc2s1. The first-order chi connectivity index (χ1) is 8.88. The Balaban J connectivity index is 2.13. The third kappa shape index (κ3) is 1.98. The molecule has 0 aliphatic carbocycles. The molecule has 0 saturated carbocycles. The molecule has 5 heteroatoms. The summed E-state index contributed by atoms with van der Waals surface area (Å²) in [6.07, 6.45) is 4.21. The Kier molecular flexibility index (Phi) is 3.00. The number of hydrogen-bond donors (Lipinski definition) is 1. The molecule has 0 unspecified atom stereocenters. The van der Waals surface area contributed by atoms with Crippen LogP contribution in [0.1, 0.15) is 5.56 Å². The third-order valence-electron chi connectivity index (χ3n) is 2.71. The number of nitrogens with two attached hydrogens (primary N) is 1. The Hall–Kier alpha value is -1.85. The molecule has 0 fully saturated rings. The molecule has 0 bridgehead atoms. The summed E-state index contributed by atoms with van der Waals surface area (Å²) in [5, 5.41) is 0.959. The zero-order valence-corrected chi connectivity index (χ0v) is 10.5. The highest BCUT2D eigenvalue weighted by molar-refractivity contribution is 7.21. The molecule has 4 nitrogen and oxygen atoms in total. The van der Waals surface area contributed by atoms with Crippen molar-refractivity contribution < 1.29 is 0 Å². The second-order valence-corrected chi connectivity index (χ2v) is 4.88. The van der Waals surface area contributed by atoms with Crippen LogP contribution in [0.25, 0.3) is 21.0 Å². The van der Waals surface area contributed by atoms with Gasteiger partial charge in [0.25, 0.3) is 0 Å². The summed E-state index contributed by atoms with van der Waals surface area (Å²) in [5.74, 6) is 0. The zero-order chi connectivity index (χ0) is 12.4. The van der Waals surface area contributed by atoms with Crippen molar-refractivity contribution in [3.05, 3.63) is 42.2 Å². The van der Waals surface area contributed by atoms with Crippen molar-refractivity contribution in [2.24, 2.45) is 5.73 Å². The number of benzene rings is 1. The predicted molar refractivity (Wildman–Crippen MR) is 73.4 cm³/mol. The summed E-state index contributed by atoms with van der Waals surface area (Å²) in [5.41, 5.74) is 8.70. The Bertz CT molecular complexity index is 644. The lowest BCUT2D eigenvalue weighted by molar-refractivity contribution is 0.970. The van der Waals surface area contributed by atoms with Gasteiger partial charge in [0.15, 0.2) is 10.5 Å². The molecule has 18 heavy (non-hydrogen) atoms. The van der Waals surface area contributed by atoms with E-state index < -0.39 is 0 Å². The summed E-state index contributed by atoms with van der Waals surface area (Å²) >= 11 is 1.56. The molecule has 0 amide bonds. The van der Waals surface area contributed by atoms with E-state index in [0.29, 0.717) is 12.2 Å². The second kappa shape index (κ2) is 4.80. The van der Waals surface area contributed by atoms with Crippen LogP contribution < -0.4 is 5.73 Å². The van der Waals surface area contributed by atoms with Gasteiger partial charge in [0.1, 0.15) is 5.01 Å². The lowest BCUT2D eigenvalue weighted by atomic mass is 10.1. The Labute approximate surface area is 109 Å². The van der Waals surface area contributed by atoms with E-state index in [1.807, 2.05) is 12.1 Å². The molecule has 3 rings (SSSR count). The normalized spacial score (nSPS) is 10.9. The minimum atomic E-state index is 0.637. The van der Waals surface area contributed by atoms with Gasteiger partial charge in [-0.15, -0.1) is 0 Å². The predicted octanol–water partition coefficient (Wildman–Crippen LogP) is 2.25. The minimum absolute atomic E-state index is 0.637. The first kappa shape index (κ1) is 11.3. The summed E-state index contributed by atoms with van der Waals surface area (Å²) in [4.78, 5) is 13.9. The maximum atomic E-state index is 5.64. The highest BCUT2D eigenvalue weighted by atomic mass is 32.1. The van der Waals surface area contributed by atoms with Crippen LogP contribution in [0.4, 0.5) is 0 Å². The topological polar surface area (TPSA) is 64.7 Å². The molecule has 0 saturated heterocycles. The molecule has 0 atom stereocenters. The van der Waals surface area contributed by atoms with Gasteiger partial charge in [0, 0.05) is 18.0 Å². The smallest absolute Gasteiger partial charge is 0.190 e. The molecule has 2 heterocycles. The minimum Gasteiger partial charge on any atom is -0.330 e. The van der Waals surface area contributed by atoms with Gasteiger partial charge < -0.3 is 5.73 Å². The van der Waals surface area contributed by atoms with Crippen LogP contribution in [-0.4, -0.2) is 21.5 Å². The summed E-state index contributed by atoms with van der Waals surface area (Å²) < 4.78 is 0. The molecular formula is C13H12N4S. The van der Waals surface area contributed by atoms with Gasteiger partial charge in [0.2, 0.25) is 0 Å². The van der Waals surface area contributed by atoms with E-state index in [2.05, 4.69) is 27.1 Å². The van der Waals surface area contributed by atoms with E-state index in [1.165, 1.54) is 5.56 Å². The van der Waals surface area contributed by atoms with Crippen LogP contribution >= 0.6 is 11.3 Å². The number of thiazole rings is 1. The summed E-state index contributed by atoms with van der Waals surface area (Å²) in [6.45, 7) is 0.637. The third-order valence-corrected chi connectivity index (χ3v) is 3.69. The van der Waals surface area contributed by atoms with E-state index in [9.17, 15) is 0 Å². The van der Waals surface area contributed by atoms with Gasteiger partial charge in [-0.3, -0.25) is 0 Å². The van der Waals surface area contributed by atoms with Gasteiger partial charge in [-0.05, 0) is 18.5 Å². The van der Waals surface area contributed by atoms with Crippen LogP contribution in [0.15, 0.2) is 36.7 Å². The number of nitrogens with zero attached hydrogens (tertiary/aromatic N) is 3. The van der Waals surface area contributed by atoms with Gasteiger partial charge in [-0.1, -0.05) is 35.6 Å². The van der Waals surface area contributed by atoms with E-state index in [-0.39, 0.29) is 0 Å². The summed E-state index contributed by atoms with van der Waals surface area (Å²) in [6, 6.07) is 8.21. The van der Waals surface area contributed by atoms with Crippen LogP contribution in [0.3, 0.4) is 0 Å². The highest BCUT2D eigenvalue weighted by Gasteiger charge is 2.10. The van der Waals surface area contributed by atoms with Crippen molar-refractivity contribution in [1.29, 1.82) is 0 Å². The number of rotatable bonds is 3. The second-order valence-electron chi connectivity index (χ2n) is 3.90. The van der Waals surface area contributed by atoms with Gasteiger partial charge >= 0.3 is 0 Å². The first-order valence-electron chi connectivity index (χ1n) is 5.74. The quantitative estimate of drug-likeness (QED) is 0.780. The maximum absolute atomic E-state index is 5.64. The van der Waals surface area contributed by atoms with Crippen LogP contribution in [-0.2, 0) is 6.42 Å². The Morgan fingerprint density at radius 3 is 2.78 bits per heavy atom. The van der Waals surface area contributed by atoms with E-state index in [0.717, 1.165) is 21.8 Å². The fourth-order valence-corrected chi connectivity index (χ4v) is 2.82. The van der Waals surface area contributed by atoms with Gasteiger partial charge in [-0.25, -0.2) is 15.0 Å². The van der Waals surface area contributed by atoms with Crippen LogP contribution in [0, 0.1) is 0 Å². The van der Waals surface area contributed by atoms with Crippen LogP contribution in [0.2, 0.25) is 0 Å². The first-order valence-corrected chi connectivity index (χ1v) is 6.56. The van der Waals surface area contributed by atoms with Crippen molar-refractivity contribution in [3.63, 3.8) is 0 Å². The lowest BCUT2D eigenvalue weighted by Gasteiger charge is -2.04. The molecule has 1 aromatic carbocycles. The largest absolute Gasteiger partial charge is 0.330 e. The van der Waals surface area contributed by atoms with Crippen molar-refractivity contribution in [3.8, 4) is 10.6 Å². The zero-order valence-electron chi connectivity index (χ0n) is 9.71. The maximum Gasteiger partial charge on any atom is 0.190 e. The molecule has 2 aromatic heterocycles. The molecule has 0 radical (unpaired) electrons. The fraction of sp³-hybridized carbons (Fsp3) is 0.154.